The molecule has 0 aliphatic carbocycles. The van der Waals surface area contributed by atoms with E-state index in [2.05, 4.69) is 15.4 Å². The Morgan fingerprint density at radius 2 is 1.96 bits per heavy atom. The van der Waals surface area contributed by atoms with Crippen molar-refractivity contribution < 1.29 is 27.9 Å². The number of alkyl halides is 3. The second kappa shape index (κ2) is 9.65. The van der Waals surface area contributed by atoms with Gasteiger partial charge in [0.2, 0.25) is 0 Å². The van der Waals surface area contributed by atoms with Crippen molar-refractivity contribution in [2.45, 2.75) is 31.9 Å². The number of carboxylic acids is 1. The minimum Gasteiger partial charge on any atom is -0.481 e. The van der Waals surface area contributed by atoms with Crippen LogP contribution >= 0.6 is 0 Å². The zero-order valence-corrected chi connectivity index (χ0v) is 14.3. The third-order valence-corrected chi connectivity index (χ3v) is 3.56. The van der Waals surface area contributed by atoms with Gasteiger partial charge in [-0.1, -0.05) is 17.3 Å². The summed E-state index contributed by atoms with van der Waals surface area (Å²) < 4.78 is 38.9. The molecule has 27 heavy (non-hydrogen) atoms. The number of hydrogen-bond donors (Lipinski definition) is 1. The topological polar surface area (TPSA) is 84.7 Å². The molecule has 0 bridgehead atoms. The molecule has 2 aromatic rings. The molecule has 144 valence electrons. The van der Waals surface area contributed by atoms with Crippen molar-refractivity contribution >= 4 is 11.7 Å². The predicted molar refractivity (Wildman–Crippen MR) is 91.2 cm³/mol. The van der Waals surface area contributed by atoms with Gasteiger partial charge in [-0.05, 0) is 43.5 Å². The number of oxime groups is 1. The van der Waals surface area contributed by atoms with Gasteiger partial charge in [-0.25, -0.2) is 0 Å². The van der Waals surface area contributed by atoms with Crippen molar-refractivity contribution in [1.29, 1.82) is 0 Å². The molecular formula is C18H18F3N3O3. The second-order valence-corrected chi connectivity index (χ2v) is 5.66. The highest BCUT2D eigenvalue weighted by molar-refractivity contribution is 6.11. The minimum absolute atomic E-state index is 0.0817. The molecule has 1 aromatic heterocycles. The van der Waals surface area contributed by atoms with Crippen LogP contribution in [0.1, 0.15) is 42.5 Å². The van der Waals surface area contributed by atoms with Crippen LogP contribution in [0.3, 0.4) is 0 Å². The van der Waals surface area contributed by atoms with Crippen molar-refractivity contribution in [3.05, 3.63) is 59.4 Å². The number of benzene rings is 1. The van der Waals surface area contributed by atoms with Gasteiger partial charge in [0, 0.05) is 18.2 Å². The molecule has 0 saturated carbocycles. The highest BCUT2D eigenvalue weighted by Gasteiger charge is 2.31. The predicted octanol–water partition coefficient (Wildman–Crippen LogP) is 3.91. The smallest absolute Gasteiger partial charge is 0.416 e. The summed E-state index contributed by atoms with van der Waals surface area (Å²) in [6, 6.07) is 7.89. The quantitative estimate of drug-likeness (QED) is 0.404. The first kappa shape index (κ1) is 20.3. The number of halogens is 3. The molecule has 0 radical (unpaired) electrons. The van der Waals surface area contributed by atoms with E-state index >= 15 is 0 Å². The minimum atomic E-state index is -4.48. The van der Waals surface area contributed by atoms with Crippen molar-refractivity contribution in [2.75, 3.05) is 6.61 Å². The maximum atomic E-state index is 13.0. The number of carbonyl (C=O) groups is 1. The van der Waals surface area contributed by atoms with E-state index in [1.165, 1.54) is 18.3 Å². The normalized spacial score (nSPS) is 12.0. The van der Waals surface area contributed by atoms with Crippen molar-refractivity contribution in [3.63, 3.8) is 0 Å². The van der Waals surface area contributed by atoms with Gasteiger partial charge in [0.15, 0.2) is 0 Å². The van der Waals surface area contributed by atoms with E-state index in [1.54, 1.807) is 12.1 Å². The van der Waals surface area contributed by atoms with Gasteiger partial charge in [0.25, 0.3) is 0 Å². The van der Waals surface area contributed by atoms with Crippen LogP contribution in [0.15, 0.2) is 47.8 Å². The van der Waals surface area contributed by atoms with E-state index in [-0.39, 0.29) is 30.0 Å². The lowest BCUT2D eigenvalue weighted by molar-refractivity contribution is -0.138. The molecule has 0 fully saturated rings. The average molecular weight is 381 g/mol. The van der Waals surface area contributed by atoms with E-state index in [1.807, 2.05) is 0 Å². The zero-order valence-electron chi connectivity index (χ0n) is 14.3. The Morgan fingerprint density at radius 3 is 2.63 bits per heavy atom. The third kappa shape index (κ3) is 6.69. The van der Waals surface area contributed by atoms with Crippen LogP contribution < -0.4 is 0 Å². The number of nitrogens with zero attached hydrogens (tertiary/aromatic N) is 3. The second-order valence-electron chi connectivity index (χ2n) is 5.66. The molecule has 0 unspecified atom stereocenters. The number of aromatic nitrogens is 2. The summed E-state index contributed by atoms with van der Waals surface area (Å²) in [4.78, 5) is 15.7. The summed E-state index contributed by atoms with van der Waals surface area (Å²) in [6.45, 7) is 0.211. The van der Waals surface area contributed by atoms with E-state index in [4.69, 9.17) is 9.94 Å². The lowest BCUT2D eigenvalue weighted by Crippen LogP contribution is -2.11. The van der Waals surface area contributed by atoms with Gasteiger partial charge >= 0.3 is 12.1 Å². The van der Waals surface area contributed by atoms with E-state index in [0.29, 0.717) is 19.3 Å². The van der Waals surface area contributed by atoms with Crippen LogP contribution in [0.25, 0.3) is 0 Å². The first-order chi connectivity index (χ1) is 12.9. The van der Waals surface area contributed by atoms with E-state index in [0.717, 1.165) is 12.1 Å². The Bertz CT molecular complexity index is 780. The van der Waals surface area contributed by atoms with Gasteiger partial charge in [0.05, 0.1) is 5.56 Å². The number of aliphatic carboxylic acids is 1. The van der Waals surface area contributed by atoms with Gasteiger partial charge < -0.3 is 9.94 Å². The summed E-state index contributed by atoms with van der Waals surface area (Å²) in [5, 5.41) is 20.1. The first-order valence-electron chi connectivity index (χ1n) is 8.25. The van der Waals surface area contributed by atoms with Crippen molar-refractivity contribution in [2.24, 2.45) is 5.16 Å². The van der Waals surface area contributed by atoms with E-state index in [9.17, 15) is 18.0 Å². The molecule has 0 aliphatic rings. The standard InChI is InChI=1S/C18H18F3N3O3/c19-18(20,21)14-7-4-6-13(12-14)17(15-8-5-10-22-23-15)24-27-11-3-1-2-9-16(25)26/h4-8,10,12H,1-3,9,11H2,(H,25,26)/b24-17-. The maximum Gasteiger partial charge on any atom is 0.416 e. The lowest BCUT2D eigenvalue weighted by atomic mass is 10.0. The van der Waals surface area contributed by atoms with Crippen molar-refractivity contribution in [1.82, 2.24) is 10.2 Å². The van der Waals surface area contributed by atoms with Gasteiger partial charge in [-0.3, -0.25) is 4.79 Å². The molecule has 1 N–H and O–H groups in total. The Morgan fingerprint density at radius 1 is 1.15 bits per heavy atom. The molecule has 0 saturated heterocycles. The molecule has 6 nitrogen and oxygen atoms in total. The number of rotatable bonds is 9. The molecule has 0 atom stereocenters. The van der Waals surface area contributed by atoms with Crippen LogP contribution in [-0.4, -0.2) is 33.6 Å². The average Bonchev–Trinajstić information content (AvgIpc) is 2.64. The Kier molecular flexibility index (Phi) is 7.27. The highest BCUT2D eigenvalue weighted by atomic mass is 19.4. The number of hydrogen-bond acceptors (Lipinski definition) is 5. The monoisotopic (exact) mass is 381 g/mol. The van der Waals surface area contributed by atoms with Crippen LogP contribution in [0, 0.1) is 0 Å². The third-order valence-electron chi connectivity index (χ3n) is 3.56. The van der Waals surface area contributed by atoms with Crippen LogP contribution in [0.4, 0.5) is 13.2 Å². The zero-order chi connectivity index (χ0) is 19.7. The largest absolute Gasteiger partial charge is 0.481 e. The molecule has 0 amide bonds. The van der Waals surface area contributed by atoms with Crippen LogP contribution in [-0.2, 0) is 15.8 Å². The summed E-state index contributed by atoms with van der Waals surface area (Å²) in [5.41, 5.74) is -0.177. The molecule has 0 spiro atoms. The molecular weight excluding hydrogens is 363 g/mol. The fraction of sp³-hybridized carbons (Fsp3) is 0.333. The van der Waals surface area contributed by atoms with E-state index < -0.39 is 17.7 Å². The number of carboxylic acid groups (broad SMARTS) is 1. The number of unbranched alkanes of at least 4 members (excludes halogenated alkanes) is 2. The summed E-state index contributed by atoms with van der Waals surface area (Å²) in [5.74, 6) is -0.858. The highest BCUT2D eigenvalue weighted by Crippen LogP contribution is 2.30. The molecule has 0 aliphatic heterocycles. The molecule has 1 heterocycles. The Balaban J connectivity index is 2.12. The van der Waals surface area contributed by atoms with Gasteiger partial charge in [0.1, 0.15) is 18.0 Å². The first-order valence-corrected chi connectivity index (χ1v) is 8.25. The van der Waals surface area contributed by atoms with Crippen molar-refractivity contribution in [3.8, 4) is 0 Å². The lowest BCUT2D eigenvalue weighted by Gasteiger charge is -2.10. The summed E-state index contributed by atoms with van der Waals surface area (Å²) >= 11 is 0. The van der Waals surface area contributed by atoms with Crippen LogP contribution in [0.2, 0.25) is 0 Å². The fourth-order valence-corrected chi connectivity index (χ4v) is 2.25. The summed E-state index contributed by atoms with van der Waals surface area (Å²) in [7, 11) is 0. The summed E-state index contributed by atoms with van der Waals surface area (Å²) in [6.07, 6.45) is -1.21. The SMILES string of the molecule is O=C(O)CCCCCO/N=C(/c1cccc(C(F)(F)F)c1)c1cccnn1. The Labute approximate surface area is 153 Å². The maximum absolute atomic E-state index is 13.0. The van der Waals surface area contributed by atoms with Crippen LogP contribution in [0.5, 0.6) is 0 Å². The van der Waals surface area contributed by atoms with Gasteiger partial charge in [-0.2, -0.15) is 18.3 Å². The Hall–Kier alpha value is -2.97. The fourth-order valence-electron chi connectivity index (χ4n) is 2.25. The molecule has 1 aromatic carbocycles. The molecule has 2 rings (SSSR count). The van der Waals surface area contributed by atoms with Gasteiger partial charge in [-0.15, -0.1) is 5.10 Å². The molecule has 9 heteroatoms.